The third-order valence-corrected chi connectivity index (χ3v) is 4.02. The van der Waals surface area contributed by atoms with E-state index in [2.05, 4.69) is 15.5 Å². The topological polar surface area (TPSA) is 67.4 Å². The van der Waals surface area contributed by atoms with E-state index in [9.17, 15) is 4.79 Å². The summed E-state index contributed by atoms with van der Waals surface area (Å²) in [6, 6.07) is 5.20. The molecule has 1 N–H and O–H groups in total. The van der Waals surface area contributed by atoms with Crippen molar-refractivity contribution in [3.63, 3.8) is 0 Å². The van der Waals surface area contributed by atoms with Gasteiger partial charge in [-0.15, -0.1) is 10.2 Å². The molecule has 1 aliphatic rings. The first-order valence-corrected chi connectivity index (χ1v) is 7.58. The van der Waals surface area contributed by atoms with E-state index in [4.69, 9.17) is 16.3 Å². The van der Waals surface area contributed by atoms with Crippen LogP contribution in [0.25, 0.3) is 0 Å². The number of anilines is 1. The quantitative estimate of drug-likeness (QED) is 0.875. The van der Waals surface area contributed by atoms with Gasteiger partial charge in [-0.3, -0.25) is 5.32 Å². The van der Waals surface area contributed by atoms with E-state index in [-0.39, 0.29) is 6.03 Å². The molecule has 0 bridgehead atoms. The minimum atomic E-state index is -0.220. The zero-order chi connectivity index (χ0) is 14.8. The largest absolute Gasteiger partial charge is 0.491 e. The van der Waals surface area contributed by atoms with Crippen molar-refractivity contribution in [2.75, 3.05) is 18.5 Å². The van der Waals surface area contributed by atoms with E-state index >= 15 is 0 Å². The molecule has 0 fully saturated rings. The highest BCUT2D eigenvalue weighted by atomic mass is 35.5. The van der Waals surface area contributed by atoms with Crippen LogP contribution in [0.5, 0.6) is 5.75 Å². The second kappa shape index (κ2) is 5.87. The van der Waals surface area contributed by atoms with Gasteiger partial charge in [0.25, 0.3) is 0 Å². The van der Waals surface area contributed by atoms with Gasteiger partial charge < -0.3 is 9.64 Å². The van der Waals surface area contributed by atoms with Gasteiger partial charge in [0.05, 0.1) is 13.1 Å². The normalized spacial score (nSPS) is 14.1. The van der Waals surface area contributed by atoms with Crippen molar-refractivity contribution in [1.29, 1.82) is 0 Å². The number of rotatable bonds is 1. The van der Waals surface area contributed by atoms with Gasteiger partial charge in [0.1, 0.15) is 17.4 Å². The lowest BCUT2D eigenvalue weighted by molar-refractivity contribution is 0.200. The highest BCUT2D eigenvalue weighted by Crippen LogP contribution is 2.26. The number of benzene rings is 1. The second-order valence-electron chi connectivity index (χ2n) is 4.58. The summed E-state index contributed by atoms with van der Waals surface area (Å²) in [6.07, 6.45) is 0. The fourth-order valence-corrected chi connectivity index (χ4v) is 2.83. The van der Waals surface area contributed by atoms with Crippen LogP contribution < -0.4 is 10.1 Å². The summed E-state index contributed by atoms with van der Waals surface area (Å²) < 4.78 is 5.63. The van der Waals surface area contributed by atoms with Crippen LogP contribution in [-0.2, 0) is 6.54 Å². The molecule has 1 aromatic carbocycles. The Kier molecular flexibility index (Phi) is 3.94. The predicted molar refractivity (Wildman–Crippen MR) is 81.0 cm³/mol. The van der Waals surface area contributed by atoms with Crippen molar-refractivity contribution in [2.45, 2.75) is 13.5 Å². The molecule has 6 nitrogen and oxygen atoms in total. The minimum absolute atomic E-state index is 0.220. The van der Waals surface area contributed by atoms with Crippen LogP contribution in [-0.4, -0.2) is 34.3 Å². The molecule has 3 rings (SSSR count). The maximum Gasteiger partial charge on any atom is 0.324 e. The Morgan fingerprint density at radius 1 is 1.48 bits per heavy atom. The zero-order valence-electron chi connectivity index (χ0n) is 11.3. The van der Waals surface area contributed by atoms with Gasteiger partial charge in [-0.25, -0.2) is 4.79 Å². The number of aryl methyl sites for hydroxylation is 1. The summed E-state index contributed by atoms with van der Waals surface area (Å²) in [5.74, 6) is 0.765. The van der Waals surface area contributed by atoms with E-state index in [1.807, 2.05) is 19.1 Å². The van der Waals surface area contributed by atoms with Gasteiger partial charge in [-0.2, -0.15) is 0 Å². The molecule has 2 amide bonds. The summed E-state index contributed by atoms with van der Waals surface area (Å²) in [6.45, 7) is 3.22. The number of amides is 2. The first kappa shape index (κ1) is 14.1. The second-order valence-corrected chi connectivity index (χ2v) is 6.20. The lowest BCUT2D eigenvalue weighted by atomic mass is 10.2. The maximum atomic E-state index is 12.3. The average Bonchev–Trinajstić information content (AvgIpc) is 2.73. The van der Waals surface area contributed by atoms with Gasteiger partial charge >= 0.3 is 6.03 Å². The standard InChI is InChI=1S/C13H13ClN4O2S/c1-8-16-17-12(21-8)15-13(19)18-4-5-20-11-3-2-10(14)6-9(11)7-18/h2-3,6H,4-5,7H2,1H3,(H,15,17,19). The number of carbonyl (C=O) groups excluding carboxylic acids is 1. The van der Waals surface area contributed by atoms with E-state index in [0.29, 0.717) is 29.9 Å². The summed E-state index contributed by atoms with van der Waals surface area (Å²) in [7, 11) is 0. The number of hydrogen-bond acceptors (Lipinski definition) is 5. The van der Waals surface area contributed by atoms with Crippen LogP contribution in [0, 0.1) is 6.92 Å². The lowest BCUT2D eigenvalue weighted by Gasteiger charge is -2.19. The van der Waals surface area contributed by atoms with Crippen LogP contribution in [0.3, 0.4) is 0 Å². The lowest BCUT2D eigenvalue weighted by Crippen LogP contribution is -2.36. The molecule has 110 valence electrons. The molecule has 0 radical (unpaired) electrons. The Balaban J connectivity index is 1.75. The fraction of sp³-hybridized carbons (Fsp3) is 0.308. The number of hydrogen-bond donors (Lipinski definition) is 1. The van der Waals surface area contributed by atoms with Crippen LogP contribution in [0.2, 0.25) is 5.02 Å². The predicted octanol–water partition coefficient (Wildman–Crippen LogP) is 2.93. The number of halogens is 1. The highest BCUT2D eigenvalue weighted by molar-refractivity contribution is 7.15. The number of nitrogens with zero attached hydrogens (tertiary/aromatic N) is 3. The molecular weight excluding hydrogens is 312 g/mol. The van der Waals surface area contributed by atoms with E-state index in [1.54, 1.807) is 11.0 Å². The minimum Gasteiger partial charge on any atom is -0.491 e. The van der Waals surface area contributed by atoms with Crippen molar-refractivity contribution in [1.82, 2.24) is 15.1 Å². The number of urea groups is 1. The van der Waals surface area contributed by atoms with Gasteiger partial charge in [-0.1, -0.05) is 22.9 Å². The number of nitrogens with one attached hydrogen (secondary N) is 1. The molecule has 2 aromatic rings. The summed E-state index contributed by atoms with van der Waals surface area (Å²) in [5.41, 5.74) is 0.892. The van der Waals surface area contributed by atoms with Crippen LogP contribution in [0.15, 0.2) is 18.2 Å². The van der Waals surface area contributed by atoms with Crippen molar-refractivity contribution in [3.05, 3.63) is 33.8 Å². The number of aromatic nitrogens is 2. The Bertz CT molecular complexity index is 676. The molecule has 1 aliphatic heterocycles. The van der Waals surface area contributed by atoms with Gasteiger partial charge in [-0.05, 0) is 25.1 Å². The monoisotopic (exact) mass is 324 g/mol. The summed E-state index contributed by atoms with van der Waals surface area (Å²) >= 11 is 7.34. The number of ether oxygens (including phenoxy) is 1. The van der Waals surface area contributed by atoms with E-state index in [0.717, 1.165) is 16.3 Å². The van der Waals surface area contributed by atoms with Crippen LogP contribution in [0.4, 0.5) is 9.93 Å². The molecule has 0 unspecified atom stereocenters. The SMILES string of the molecule is Cc1nnc(NC(=O)N2CCOc3ccc(Cl)cc3C2)s1. The van der Waals surface area contributed by atoms with Crippen LogP contribution >= 0.6 is 22.9 Å². The molecule has 2 heterocycles. The smallest absolute Gasteiger partial charge is 0.324 e. The van der Waals surface area contributed by atoms with Crippen molar-refractivity contribution >= 4 is 34.1 Å². The fourth-order valence-electron chi connectivity index (χ4n) is 2.05. The van der Waals surface area contributed by atoms with E-state index < -0.39 is 0 Å². The number of fused-ring (bicyclic) bond motifs is 1. The summed E-state index contributed by atoms with van der Waals surface area (Å²) in [5, 5.41) is 12.4. The molecule has 0 saturated carbocycles. The molecule has 21 heavy (non-hydrogen) atoms. The Labute approximate surface area is 130 Å². The molecule has 1 aromatic heterocycles. The Morgan fingerprint density at radius 2 is 2.33 bits per heavy atom. The third-order valence-electron chi connectivity index (χ3n) is 3.03. The average molecular weight is 325 g/mol. The first-order chi connectivity index (χ1) is 10.1. The highest BCUT2D eigenvalue weighted by Gasteiger charge is 2.21. The third kappa shape index (κ3) is 3.25. The first-order valence-electron chi connectivity index (χ1n) is 6.39. The molecule has 8 heteroatoms. The zero-order valence-corrected chi connectivity index (χ0v) is 12.9. The maximum absolute atomic E-state index is 12.3. The van der Waals surface area contributed by atoms with Gasteiger partial charge in [0.2, 0.25) is 5.13 Å². The van der Waals surface area contributed by atoms with Gasteiger partial charge in [0.15, 0.2) is 0 Å². The van der Waals surface area contributed by atoms with Crippen molar-refractivity contribution in [3.8, 4) is 5.75 Å². The van der Waals surface area contributed by atoms with Gasteiger partial charge in [0, 0.05) is 10.6 Å². The number of carbonyl (C=O) groups is 1. The summed E-state index contributed by atoms with van der Waals surface area (Å²) in [4.78, 5) is 14.0. The Hall–Kier alpha value is -1.86. The van der Waals surface area contributed by atoms with Crippen LogP contribution in [0.1, 0.15) is 10.6 Å². The van der Waals surface area contributed by atoms with Crippen molar-refractivity contribution in [2.24, 2.45) is 0 Å². The molecule has 0 spiro atoms. The van der Waals surface area contributed by atoms with Crippen molar-refractivity contribution < 1.29 is 9.53 Å². The molecule has 0 aliphatic carbocycles. The Morgan fingerprint density at radius 3 is 3.10 bits per heavy atom. The van der Waals surface area contributed by atoms with E-state index in [1.165, 1.54) is 11.3 Å². The molecule has 0 saturated heterocycles. The molecular formula is C13H13ClN4O2S. The molecule has 0 atom stereocenters.